The van der Waals surface area contributed by atoms with Crippen LogP contribution in [0, 0.1) is 12.8 Å². The van der Waals surface area contributed by atoms with Crippen molar-refractivity contribution in [2.75, 3.05) is 10.6 Å². The molecule has 1 heterocycles. The first-order valence-electron chi connectivity index (χ1n) is 7.13. The Hall–Kier alpha value is -2.36. The number of hydrogen-bond acceptors (Lipinski definition) is 3. The molecule has 0 saturated carbocycles. The number of aryl methyl sites for hydroxylation is 1. The Labute approximate surface area is 125 Å². The molecule has 2 rings (SSSR count). The molecule has 21 heavy (non-hydrogen) atoms. The van der Waals surface area contributed by atoms with Gasteiger partial charge in [-0.3, -0.25) is 4.79 Å². The molecule has 0 aliphatic rings. The highest BCUT2D eigenvalue weighted by Gasteiger charge is 2.05. The largest absolute Gasteiger partial charge is 0.340 e. The molecule has 1 aromatic heterocycles. The van der Waals surface area contributed by atoms with Gasteiger partial charge in [-0.1, -0.05) is 32.0 Å². The minimum Gasteiger partial charge on any atom is -0.340 e. The van der Waals surface area contributed by atoms with Crippen molar-refractivity contribution in [3.05, 3.63) is 48.2 Å². The van der Waals surface area contributed by atoms with Crippen molar-refractivity contribution in [3.63, 3.8) is 0 Å². The predicted molar refractivity (Wildman–Crippen MR) is 86.8 cm³/mol. The van der Waals surface area contributed by atoms with Crippen LogP contribution in [0.1, 0.15) is 25.8 Å². The molecular weight excluding hydrogens is 262 g/mol. The maximum Gasteiger partial charge on any atom is 0.224 e. The molecule has 0 spiro atoms. The highest BCUT2D eigenvalue weighted by atomic mass is 16.1. The number of carbonyl (C=O) groups is 1. The second-order valence-electron chi connectivity index (χ2n) is 5.52. The van der Waals surface area contributed by atoms with Gasteiger partial charge in [-0.05, 0) is 36.6 Å². The molecule has 0 fully saturated rings. The number of para-hydroxylation sites is 1. The summed E-state index contributed by atoms with van der Waals surface area (Å²) in [6, 6.07) is 11.7. The molecule has 0 radical (unpaired) electrons. The number of benzene rings is 1. The third-order valence-electron chi connectivity index (χ3n) is 3.05. The Balaban J connectivity index is 1.99. The molecule has 4 nitrogen and oxygen atoms in total. The lowest BCUT2D eigenvalue weighted by Crippen LogP contribution is -2.13. The number of aromatic nitrogens is 1. The Morgan fingerprint density at radius 1 is 1.19 bits per heavy atom. The van der Waals surface area contributed by atoms with Crippen LogP contribution in [0.5, 0.6) is 0 Å². The van der Waals surface area contributed by atoms with Crippen LogP contribution in [0.4, 0.5) is 17.2 Å². The van der Waals surface area contributed by atoms with Crippen molar-refractivity contribution in [2.24, 2.45) is 5.92 Å². The number of pyridine rings is 1. The maximum atomic E-state index is 11.7. The van der Waals surface area contributed by atoms with Gasteiger partial charge < -0.3 is 10.6 Å². The van der Waals surface area contributed by atoms with Crippen molar-refractivity contribution in [1.29, 1.82) is 0 Å². The molecule has 4 heteroatoms. The first-order valence-corrected chi connectivity index (χ1v) is 7.13. The first-order chi connectivity index (χ1) is 10.0. The Morgan fingerprint density at radius 3 is 2.57 bits per heavy atom. The topological polar surface area (TPSA) is 54.0 Å². The third kappa shape index (κ3) is 4.60. The molecule has 0 bridgehead atoms. The zero-order valence-corrected chi connectivity index (χ0v) is 12.7. The smallest absolute Gasteiger partial charge is 0.224 e. The molecule has 1 aromatic carbocycles. The summed E-state index contributed by atoms with van der Waals surface area (Å²) in [7, 11) is 0. The molecule has 0 aliphatic carbocycles. The fraction of sp³-hybridized carbons (Fsp3) is 0.294. The molecule has 2 N–H and O–H groups in total. The Morgan fingerprint density at radius 2 is 1.95 bits per heavy atom. The first kappa shape index (κ1) is 15.0. The normalized spacial score (nSPS) is 10.5. The minimum absolute atomic E-state index is 0.0198. The molecule has 2 aromatic rings. The molecule has 110 valence electrons. The van der Waals surface area contributed by atoms with Crippen molar-refractivity contribution >= 4 is 23.1 Å². The van der Waals surface area contributed by atoms with Crippen LogP contribution < -0.4 is 10.6 Å². The fourth-order valence-corrected chi connectivity index (χ4v) is 1.98. The van der Waals surface area contributed by atoms with Crippen LogP contribution >= 0.6 is 0 Å². The van der Waals surface area contributed by atoms with Gasteiger partial charge in [0.1, 0.15) is 5.82 Å². The van der Waals surface area contributed by atoms with Gasteiger partial charge in [0.25, 0.3) is 0 Å². The lowest BCUT2D eigenvalue weighted by Gasteiger charge is -2.10. The number of hydrogen-bond donors (Lipinski definition) is 2. The SMILES string of the molecule is Cc1ccccc1Nc1ccc(NC(=O)CC(C)C)cn1. The van der Waals surface area contributed by atoms with Gasteiger partial charge in [-0.2, -0.15) is 0 Å². The van der Waals surface area contributed by atoms with Crippen LogP contribution in [-0.2, 0) is 4.79 Å². The van der Waals surface area contributed by atoms with E-state index in [1.807, 2.05) is 57.2 Å². The molecular formula is C17H21N3O. The number of rotatable bonds is 5. The number of nitrogens with one attached hydrogen (secondary N) is 2. The van der Waals surface area contributed by atoms with Gasteiger partial charge in [0.05, 0.1) is 11.9 Å². The van der Waals surface area contributed by atoms with E-state index in [-0.39, 0.29) is 5.91 Å². The summed E-state index contributed by atoms with van der Waals surface area (Å²) in [5.41, 5.74) is 2.91. The summed E-state index contributed by atoms with van der Waals surface area (Å²) in [6.07, 6.45) is 2.18. The van der Waals surface area contributed by atoms with E-state index in [2.05, 4.69) is 15.6 Å². The van der Waals surface area contributed by atoms with Crippen LogP contribution in [-0.4, -0.2) is 10.9 Å². The zero-order chi connectivity index (χ0) is 15.2. The Kier molecular flexibility index (Phi) is 4.93. The fourth-order valence-electron chi connectivity index (χ4n) is 1.98. The van der Waals surface area contributed by atoms with E-state index in [4.69, 9.17) is 0 Å². The van der Waals surface area contributed by atoms with E-state index in [1.165, 1.54) is 0 Å². The van der Waals surface area contributed by atoms with E-state index in [0.717, 1.165) is 22.8 Å². The minimum atomic E-state index is 0.0198. The monoisotopic (exact) mass is 283 g/mol. The highest BCUT2D eigenvalue weighted by molar-refractivity contribution is 5.90. The van der Waals surface area contributed by atoms with Crippen LogP contribution in [0.15, 0.2) is 42.6 Å². The van der Waals surface area contributed by atoms with Crippen molar-refractivity contribution in [3.8, 4) is 0 Å². The quantitative estimate of drug-likeness (QED) is 0.868. The van der Waals surface area contributed by atoms with E-state index in [1.54, 1.807) is 6.20 Å². The van der Waals surface area contributed by atoms with Crippen molar-refractivity contribution in [2.45, 2.75) is 27.2 Å². The second-order valence-corrected chi connectivity index (χ2v) is 5.52. The summed E-state index contributed by atoms with van der Waals surface area (Å²) in [4.78, 5) is 16.0. The number of nitrogens with zero attached hydrogens (tertiary/aromatic N) is 1. The summed E-state index contributed by atoms with van der Waals surface area (Å²) in [5, 5.41) is 6.11. The van der Waals surface area contributed by atoms with Gasteiger partial charge in [-0.25, -0.2) is 4.98 Å². The average Bonchev–Trinajstić information content (AvgIpc) is 2.42. The van der Waals surface area contributed by atoms with E-state index >= 15 is 0 Å². The van der Waals surface area contributed by atoms with Crippen LogP contribution in [0.3, 0.4) is 0 Å². The molecule has 0 saturated heterocycles. The van der Waals surface area contributed by atoms with Gasteiger partial charge in [0.2, 0.25) is 5.91 Å². The number of amides is 1. The van der Waals surface area contributed by atoms with Crippen molar-refractivity contribution < 1.29 is 4.79 Å². The van der Waals surface area contributed by atoms with E-state index in [9.17, 15) is 4.79 Å². The summed E-state index contributed by atoms with van der Waals surface area (Å²) in [6.45, 7) is 6.09. The summed E-state index contributed by atoms with van der Waals surface area (Å²) >= 11 is 0. The van der Waals surface area contributed by atoms with E-state index < -0.39 is 0 Å². The van der Waals surface area contributed by atoms with Crippen molar-refractivity contribution in [1.82, 2.24) is 4.98 Å². The predicted octanol–water partition coefficient (Wildman–Crippen LogP) is 4.12. The summed E-state index contributed by atoms with van der Waals surface area (Å²) in [5.74, 6) is 1.12. The molecule has 0 atom stereocenters. The van der Waals surface area contributed by atoms with Crippen LogP contribution in [0.25, 0.3) is 0 Å². The molecule has 1 amide bonds. The molecule has 0 aliphatic heterocycles. The number of anilines is 3. The van der Waals surface area contributed by atoms with Crippen LogP contribution in [0.2, 0.25) is 0 Å². The Bertz CT molecular complexity index is 606. The van der Waals surface area contributed by atoms with E-state index in [0.29, 0.717) is 12.3 Å². The lowest BCUT2D eigenvalue weighted by molar-refractivity contribution is -0.116. The van der Waals surface area contributed by atoms with Gasteiger partial charge in [0, 0.05) is 12.1 Å². The van der Waals surface area contributed by atoms with Gasteiger partial charge in [-0.15, -0.1) is 0 Å². The average molecular weight is 283 g/mol. The zero-order valence-electron chi connectivity index (χ0n) is 12.7. The maximum absolute atomic E-state index is 11.7. The third-order valence-corrected chi connectivity index (χ3v) is 3.05. The number of carbonyl (C=O) groups excluding carboxylic acids is 1. The standard InChI is InChI=1S/C17H21N3O/c1-12(2)10-17(21)19-14-8-9-16(18-11-14)20-15-7-5-4-6-13(15)3/h4-9,11-12H,10H2,1-3H3,(H,18,20)(H,19,21). The lowest BCUT2D eigenvalue weighted by atomic mass is 10.1. The van der Waals surface area contributed by atoms with Gasteiger partial charge in [0.15, 0.2) is 0 Å². The summed E-state index contributed by atoms with van der Waals surface area (Å²) < 4.78 is 0. The molecule has 0 unspecified atom stereocenters. The van der Waals surface area contributed by atoms with Gasteiger partial charge >= 0.3 is 0 Å². The highest BCUT2D eigenvalue weighted by Crippen LogP contribution is 2.19. The second kappa shape index (κ2) is 6.88.